The SMILES string of the molecule is CNc1ncnc(N(C)C2CCC2)c1Br. The highest BCUT2D eigenvalue weighted by Gasteiger charge is 2.25. The Balaban J connectivity index is 2.26. The maximum atomic E-state index is 4.32. The maximum absolute atomic E-state index is 4.32. The van der Waals surface area contributed by atoms with Crippen molar-refractivity contribution >= 4 is 27.6 Å². The molecular formula is C10H15BrN4. The average Bonchev–Trinajstić information content (AvgIpc) is 2.15. The minimum absolute atomic E-state index is 0.640. The van der Waals surface area contributed by atoms with Gasteiger partial charge in [0, 0.05) is 20.1 Å². The smallest absolute Gasteiger partial charge is 0.148 e. The van der Waals surface area contributed by atoms with Crippen molar-refractivity contribution in [1.29, 1.82) is 0 Å². The molecule has 0 spiro atoms. The summed E-state index contributed by atoms with van der Waals surface area (Å²) in [5.74, 6) is 1.81. The lowest BCUT2D eigenvalue weighted by Crippen LogP contribution is -2.37. The van der Waals surface area contributed by atoms with Crippen LogP contribution in [0.2, 0.25) is 0 Å². The zero-order valence-electron chi connectivity index (χ0n) is 9.00. The topological polar surface area (TPSA) is 41.1 Å². The molecule has 1 aliphatic carbocycles. The zero-order valence-corrected chi connectivity index (χ0v) is 10.6. The summed E-state index contributed by atoms with van der Waals surface area (Å²) >= 11 is 3.53. The van der Waals surface area contributed by atoms with Gasteiger partial charge in [0.25, 0.3) is 0 Å². The summed E-state index contributed by atoms with van der Waals surface area (Å²) in [4.78, 5) is 10.7. The summed E-state index contributed by atoms with van der Waals surface area (Å²) in [6.07, 6.45) is 5.46. The molecule has 0 radical (unpaired) electrons. The van der Waals surface area contributed by atoms with Crippen molar-refractivity contribution in [2.45, 2.75) is 25.3 Å². The summed E-state index contributed by atoms with van der Waals surface area (Å²) < 4.78 is 0.946. The molecular weight excluding hydrogens is 256 g/mol. The van der Waals surface area contributed by atoms with Gasteiger partial charge < -0.3 is 10.2 Å². The van der Waals surface area contributed by atoms with Crippen LogP contribution in [0.4, 0.5) is 11.6 Å². The third-order valence-corrected chi connectivity index (χ3v) is 3.69. The summed E-state index contributed by atoms with van der Waals surface area (Å²) in [5, 5.41) is 3.04. The van der Waals surface area contributed by atoms with Crippen LogP contribution in [0.15, 0.2) is 10.8 Å². The predicted octanol–water partition coefficient (Wildman–Crippen LogP) is 2.27. The number of anilines is 2. The van der Waals surface area contributed by atoms with Crippen molar-refractivity contribution in [1.82, 2.24) is 9.97 Å². The molecule has 5 heteroatoms. The molecule has 15 heavy (non-hydrogen) atoms. The van der Waals surface area contributed by atoms with Gasteiger partial charge in [-0.05, 0) is 35.2 Å². The Morgan fingerprint density at radius 3 is 2.73 bits per heavy atom. The van der Waals surface area contributed by atoms with Gasteiger partial charge in [0.1, 0.15) is 22.4 Å². The van der Waals surface area contributed by atoms with E-state index < -0.39 is 0 Å². The molecule has 0 atom stereocenters. The third-order valence-electron chi connectivity index (χ3n) is 2.96. The molecule has 0 saturated heterocycles. The molecule has 0 bridgehead atoms. The van der Waals surface area contributed by atoms with E-state index in [2.05, 4.69) is 43.2 Å². The van der Waals surface area contributed by atoms with Gasteiger partial charge in [0.15, 0.2) is 0 Å². The average molecular weight is 271 g/mol. The minimum atomic E-state index is 0.640. The van der Waals surface area contributed by atoms with E-state index in [9.17, 15) is 0 Å². The fraction of sp³-hybridized carbons (Fsp3) is 0.600. The largest absolute Gasteiger partial charge is 0.372 e. The summed E-state index contributed by atoms with van der Waals surface area (Å²) in [6.45, 7) is 0. The maximum Gasteiger partial charge on any atom is 0.148 e. The van der Waals surface area contributed by atoms with Gasteiger partial charge in [-0.1, -0.05) is 0 Å². The normalized spacial score (nSPS) is 15.9. The zero-order chi connectivity index (χ0) is 10.8. The van der Waals surface area contributed by atoms with Gasteiger partial charge in [-0.25, -0.2) is 9.97 Å². The number of hydrogen-bond donors (Lipinski definition) is 1. The van der Waals surface area contributed by atoms with E-state index >= 15 is 0 Å². The summed E-state index contributed by atoms with van der Waals surface area (Å²) in [5.41, 5.74) is 0. The molecule has 0 aliphatic heterocycles. The Hall–Kier alpha value is -0.840. The van der Waals surface area contributed by atoms with E-state index in [0.29, 0.717) is 6.04 Å². The predicted molar refractivity (Wildman–Crippen MR) is 65.3 cm³/mol. The highest BCUT2D eigenvalue weighted by Crippen LogP contribution is 2.33. The van der Waals surface area contributed by atoms with Gasteiger partial charge in [-0.2, -0.15) is 0 Å². The monoisotopic (exact) mass is 270 g/mol. The first-order valence-electron chi connectivity index (χ1n) is 5.15. The first-order chi connectivity index (χ1) is 7.24. The van der Waals surface area contributed by atoms with Crippen molar-refractivity contribution < 1.29 is 0 Å². The molecule has 1 aromatic rings. The molecule has 1 N–H and O–H groups in total. The van der Waals surface area contributed by atoms with Crippen LogP contribution in [-0.4, -0.2) is 30.1 Å². The second kappa shape index (κ2) is 4.35. The minimum Gasteiger partial charge on any atom is -0.372 e. The molecule has 1 aromatic heterocycles. The Bertz CT molecular complexity index is 351. The first kappa shape index (κ1) is 10.7. The van der Waals surface area contributed by atoms with Crippen LogP contribution in [0.1, 0.15) is 19.3 Å². The standard InChI is InChI=1S/C10H15BrN4/c1-12-9-8(11)10(14-6-13-9)15(2)7-4-3-5-7/h6-7H,3-5H2,1-2H3,(H,12,13,14). The number of rotatable bonds is 3. The van der Waals surface area contributed by atoms with Gasteiger partial charge in [-0.3, -0.25) is 0 Å². The van der Waals surface area contributed by atoms with E-state index in [-0.39, 0.29) is 0 Å². The highest BCUT2D eigenvalue weighted by atomic mass is 79.9. The lowest BCUT2D eigenvalue weighted by Gasteiger charge is -2.36. The van der Waals surface area contributed by atoms with Gasteiger partial charge in [-0.15, -0.1) is 0 Å². The van der Waals surface area contributed by atoms with Crippen LogP contribution in [0, 0.1) is 0 Å². The molecule has 0 amide bonds. The second-order valence-corrected chi connectivity index (χ2v) is 4.60. The lowest BCUT2D eigenvalue weighted by atomic mass is 9.92. The molecule has 4 nitrogen and oxygen atoms in total. The number of hydrogen-bond acceptors (Lipinski definition) is 4. The molecule has 0 aromatic carbocycles. The first-order valence-corrected chi connectivity index (χ1v) is 5.94. The fourth-order valence-electron chi connectivity index (χ4n) is 1.73. The summed E-state index contributed by atoms with van der Waals surface area (Å²) in [6, 6.07) is 0.640. The molecule has 1 aliphatic rings. The third kappa shape index (κ3) is 1.93. The highest BCUT2D eigenvalue weighted by molar-refractivity contribution is 9.10. The van der Waals surface area contributed by atoms with Crippen molar-refractivity contribution in [3.63, 3.8) is 0 Å². The quantitative estimate of drug-likeness (QED) is 0.915. The van der Waals surface area contributed by atoms with Crippen LogP contribution < -0.4 is 10.2 Å². The van der Waals surface area contributed by atoms with Crippen LogP contribution in [0.25, 0.3) is 0 Å². The Labute approximate surface area is 98.2 Å². The van der Waals surface area contributed by atoms with Crippen molar-refractivity contribution in [3.8, 4) is 0 Å². The van der Waals surface area contributed by atoms with Crippen molar-refractivity contribution in [2.75, 3.05) is 24.3 Å². The Morgan fingerprint density at radius 2 is 2.20 bits per heavy atom. The van der Waals surface area contributed by atoms with Crippen molar-refractivity contribution in [2.24, 2.45) is 0 Å². The van der Waals surface area contributed by atoms with E-state index in [0.717, 1.165) is 16.1 Å². The van der Waals surface area contributed by atoms with E-state index in [1.54, 1.807) is 6.33 Å². The number of aromatic nitrogens is 2. The molecule has 0 unspecified atom stereocenters. The number of nitrogens with zero attached hydrogens (tertiary/aromatic N) is 3. The van der Waals surface area contributed by atoms with Crippen LogP contribution >= 0.6 is 15.9 Å². The van der Waals surface area contributed by atoms with E-state index in [1.165, 1.54) is 19.3 Å². The van der Waals surface area contributed by atoms with E-state index in [1.807, 2.05) is 7.05 Å². The molecule has 2 rings (SSSR count). The molecule has 1 heterocycles. The molecule has 82 valence electrons. The van der Waals surface area contributed by atoms with Crippen molar-refractivity contribution in [3.05, 3.63) is 10.8 Å². The summed E-state index contributed by atoms with van der Waals surface area (Å²) in [7, 11) is 3.95. The Kier molecular flexibility index (Phi) is 3.09. The van der Waals surface area contributed by atoms with E-state index in [4.69, 9.17) is 0 Å². The van der Waals surface area contributed by atoms with Gasteiger partial charge in [0.05, 0.1) is 0 Å². The van der Waals surface area contributed by atoms with Gasteiger partial charge in [0.2, 0.25) is 0 Å². The fourth-order valence-corrected chi connectivity index (χ4v) is 2.41. The van der Waals surface area contributed by atoms with Crippen LogP contribution in [0.3, 0.4) is 0 Å². The Morgan fingerprint density at radius 1 is 1.47 bits per heavy atom. The molecule has 1 fully saturated rings. The number of halogens is 1. The van der Waals surface area contributed by atoms with Crippen LogP contribution in [0.5, 0.6) is 0 Å². The van der Waals surface area contributed by atoms with Gasteiger partial charge >= 0.3 is 0 Å². The second-order valence-electron chi connectivity index (χ2n) is 3.81. The molecule has 1 saturated carbocycles. The van der Waals surface area contributed by atoms with Crippen LogP contribution in [-0.2, 0) is 0 Å². The number of nitrogens with one attached hydrogen (secondary N) is 1. The lowest BCUT2D eigenvalue weighted by molar-refractivity contribution is 0.399.